The summed E-state index contributed by atoms with van der Waals surface area (Å²) in [4.78, 5) is 40.0. The van der Waals surface area contributed by atoms with E-state index in [0.717, 1.165) is 28.9 Å². The van der Waals surface area contributed by atoms with Gasteiger partial charge in [0.25, 0.3) is 0 Å². The van der Waals surface area contributed by atoms with Gasteiger partial charge < -0.3 is 24.2 Å². The molecule has 1 aliphatic carbocycles. The topological polar surface area (TPSA) is 106 Å². The van der Waals surface area contributed by atoms with Gasteiger partial charge in [-0.2, -0.15) is 0 Å². The van der Waals surface area contributed by atoms with Gasteiger partial charge in [-0.05, 0) is 93.3 Å². The van der Waals surface area contributed by atoms with Crippen molar-refractivity contribution >= 4 is 23.7 Å². The SMILES string of the molecule is Cc1c(OCc2ccc(C3CC3)c(OC(F)(F)F)c2)ccc2c1CCN2C(=O)C[C@H](C(=O)O)N(C)C(=O)OC(C)(C)C. The Hall–Kier alpha value is -3.96. The van der Waals surface area contributed by atoms with E-state index in [4.69, 9.17) is 9.47 Å². The number of rotatable bonds is 9. The normalized spacial score (nSPS) is 15.6. The number of benzene rings is 2. The summed E-state index contributed by atoms with van der Waals surface area (Å²) in [7, 11) is 1.28. The third-order valence-corrected chi connectivity index (χ3v) is 7.22. The van der Waals surface area contributed by atoms with Crippen molar-refractivity contribution in [2.75, 3.05) is 18.5 Å². The van der Waals surface area contributed by atoms with Crippen LogP contribution in [0.25, 0.3) is 0 Å². The highest BCUT2D eigenvalue weighted by Crippen LogP contribution is 2.45. The Morgan fingerprint density at radius 2 is 1.79 bits per heavy atom. The van der Waals surface area contributed by atoms with E-state index in [1.54, 1.807) is 45.0 Å². The van der Waals surface area contributed by atoms with Crippen LogP contribution in [0.1, 0.15) is 68.2 Å². The van der Waals surface area contributed by atoms with Crippen LogP contribution in [-0.2, 0) is 27.4 Å². The third kappa shape index (κ3) is 7.46. The van der Waals surface area contributed by atoms with Gasteiger partial charge in [0.15, 0.2) is 0 Å². The molecule has 1 N–H and O–H groups in total. The standard InChI is InChI=1S/C30H35F3N2O7/c1-17-20-12-13-35(26(36)15-23(27(37)38)34(5)28(39)42-29(2,3)4)22(20)10-11-24(17)40-16-18-6-9-21(19-7-8-19)25(14-18)41-30(31,32)33/h6,9-11,14,19,23H,7-8,12-13,15-16H2,1-5H3,(H,37,38)/t23-/m1/s1. The van der Waals surface area contributed by atoms with E-state index in [9.17, 15) is 32.7 Å². The van der Waals surface area contributed by atoms with Crippen LogP contribution in [0.4, 0.5) is 23.7 Å². The Morgan fingerprint density at radius 3 is 2.38 bits per heavy atom. The monoisotopic (exact) mass is 592 g/mol. The second-order valence-corrected chi connectivity index (χ2v) is 11.6. The van der Waals surface area contributed by atoms with E-state index in [1.165, 1.54) is 18.0 Å². The number of carboxylic acid groups (broad SMARTS) is 1. The van der Waals surface area contributed by atoms with E-state index in [2.05, 4.69) is 4.74 Å². The number of fused-ring (bicyclic) bond motifs is 1. The number of carboxylic acids is 1. The predicted octanol–water partition coefficient (Wildman–Crippen LogP) is 5.95. The Morgan fingerprint density at radius 1 is 1.10 bits per heavy atom. The largest absolute Gasteiger partial charge is 0.573 e. The minimum Gasteiger partial charge on any atom is -0.489 e. The number of hydrogen-bond donors (Lipinski definition) is 1. The van der Waals surface area contributed by atoms with Crippen molar-refractivity contribution in [2.45, 2.75) is 83.9 Å². The summed E-state index contributed by atoms with van der Waals surface area (Å²) in [5, 5.41) is 9.73. The highest BCUT2D eigenvalue weighted by atomic mass is 19.4. The molecule has 2 amide bonds. The number of aliphatic carboxylic acids is 1. The molecule has 0 saturated heterocycles. The van der Waals surface area contributed by atoms with Gasteiger partial charge in [0, 0.05) is 19.3 Å². The number of halogens is 3. The first kappa shape index (κ1) is 31.0. The van der Waals surface area contributed by atoms with Crippen LogP contribution >= 0.6 is 0 Å². The van der Waals surface area contributed by atoms with Gasteiger partial charge in [-0.1, -0.05) is 12.1 Å². The Labute approximate surface area is 242 Å². The molecule has 0 spiro atoms. The molecule has 42 heavy (non-hydrogen) atoms. The van der Waals surface area contributed by atoms with E-state index in [-0.39, 0.29) is 18.3 Å². The molecule has 4 rings (SSSR count). The number of carbonyl (C=O) groups excluding carboxylic acids is 2. The molecule has 12 heteroatoms. The summed E-state index contributed by atoms with van der Waals surface area (Å²) in [6.07, 6.45) is -3.92. The maximum Gasteiger partial charge on any atom is 0.573 e. The number of likely N-dealkylation sites (N-methyl/N-ethyl adjacent to an activating group) is 1. The van der Waals surface area contributed by atoms with Crippen molar-refractivity contribution in [1.82, 2.24) is 4.90 Å². The van der Waals surface area contributed by atoms with E-state index < -0.39 is 42.4 Å². The average Bonchev–Trinajstić information content (AvgIpc) is 3.62. The zero-order chi connectivity index (χ0) is 31.0. The first-order chi connectivity index (χ1) is 19.5. The fourth-order valence-electron chi connectivity index (χ4n) is 4.95. The van der Waals surface area contributed by atoms with Gasteiger partial charge >= 0.3 is 18.4 Å². The lowest BCUT2D eigenvalue weighted by Crippen LogP contribution is -2.47. The molecule has 2 aromatic carbocycles. The summed E-state index contributed by atoms with van der Waals surface area (Å²) >= 11 is 0. The predicted molar refractivity (Wildman–Crippen MR) is 147 cm³/mol. The number of nitrogens with zero attached hydrogens (tertiary/aromatic N) is 2. The fourth-order valence-corrected chi connectivity index (χ4v) is 4.95. The first-order valence-electron chi connectivity index (χ1n) is 13.7. The number of alkyl halides is 3. The molecular weight excluding hydrogens is 557 g/mol. The van der Waals surface area contributed by atoms with Crippen LogP contribution in [0.15, 0.2) is 30.3 Å². The molecule has 0 bridgehead atoms. The zero-order valence-electron chi connectivity index (χ0n) is 24.2. The highest BCUT2D eigenvalue weighted by molar-refractivity contribution is 5.98. The van der Waals surface area contributed by atoms with E-state index in [0.29, 0.717) is 35.5 Å². The van der Waals surface area contributed by atoms with Gasteiger partial charge in [-0.25, -0.2) is 9.59 Å². The minimum atomic E-state index is -4.79. The van der Waals surface area contributed by atoms with Gasteiger partial charge in [-0.15, -0.1) is 13.2 Å². The van der Waals surface area contributed by atoms with Crippen molar-refractivity contribution in [3.63, 3.8) is 0 Å². The van der Waals surface area contributed by atoms with E-state index >= 15 is 0 Å². The zero-order valence-corrected chi connectivity index (χ0v) is 24.2. The summed E-state index contributed by atoms with van der Waals surface area (Å²) in [5.41, 5.74) is 2.45. The minimum absolute atomic E-state index is 0.0126. The number of ether oxygens (including phenoxy) is 3. The maximum absolute atomic E-state index is 13.2. The van der Waals surface area contributed by atoms with Gasteiger partial charge in [0.2, 0.25) is 5.91 Å². The molecule has 2 aliphatic rings. The molecule has 0 radical (unpaired) electrons. The van der Waals surface area contributed by atoms with Crippen LogP contribution in [-0.4, -0.2) is 59.6 Å². The summed E-state index contributed by atoms with van der Waals surface area (Å²) in [6.45, 7) is 7.13. The van der Waals surface area contributed by atoms with Crippen LogP contribution < -0.4 is 14.4 Å². The van der Waals surface area contributed by atoms with Crippen LogP contribution in [0.3, 0.4) is 0 Å². The Kier molecular flexibility index (Phi) is 8.65. The molecule has 1 heterocycles. The number of carbonyl (C=O) groups is 3. The Bertz CT molecular complexity index is 1370. The molecule has 228 valence electrons. The first-order valence-corrected chi connectivity index (χ1v) is 13.7. The Balaban J connectivity index is 1.45. The van der Waals surface area contributed by atoms with Gasteiger partial charge in [-0.3, -0.25) is 9.69 Å². The van der Waals surface area contributed by atoms with Gasteiger partial charge in [0.05, 0.1) is 6.42 Å². The number of hydrogen-bond acceptors (Lipinski definition) is 6. The van der Waals surface area contributed by atoms with Crippen molar-refractivity contribution < 1.29 is 46.9 Å². The fraction of sp³-hybridized carbons (Fsp3) is 0.500. The van der Waals surface area contributed by atoms with Crippen LogP contribution in [0.5, 0.6) is 11.5 Å². The molecular formula is C30H35F3N2O7. The lowest BCUT2D eigenvalue weighted by atomic mass is 10.0. The van der Waals surface area contributed by atoms with Gasteiger partial charge in [0.1, 0.15) is 29.7 Å². The molecule has 1 saturated carbocycles. The maximum atomic E-state index is 13.2. The average molecular weight is 593 g/mol. The second-order valence-electron chi connectivity index (χ2n) is 11.6. The van der Waals surface area contributed by atoms with Crippen LogP contribution in [0.2, 0.25) is 0 Å². The lowest BCUT2D eigenvalue weighted by Gasteiger charge is -2.29. The smallest absolute Gasteiger partial charge is 0.489 e. The lowest BCUT2D eigenvalue weighted by molar-refractivity contribution is -0.274. The molecule has 1 aliphatic heterocycles. The molecule has 2 aromatic rings. The summed E-state index contributed by atoms with van der Waals surface area (Å²) < 4.78 is 54.4. The van der Waals surface area contributed by atoms with Crippen LogP contribution in [0, 0.1) is 6.92 Å². The summed E-state index contributed by atoms with van der Waals surface area (Å²) in [5.74, 6) is -1.41. The van der Waals surface area contributed by atoms with Crippen molar-refractivity contribution in [2.24, 2.45) is 0 Å². The summed E-state index contributed by atoms with van der Waals surface area (Å²) in [6, 6.07) is 6.70. The molecule has 0 unspecified atom stereocenters. The quantitative estimate of drug-likeness (QED) is 0.384. The molecule has 1 atom stereocenters. The number of anilines is 1. The highest BCUT2D eigenvalue weighted by Gasteiger charge is 2.37. The van der Waals surface area contributed by atoms with E-state index in [1.807, 2.05) is 6.92 Å². The molecule has 1 fully saturated rings. The number of amides is 2. The molecule has 9 nitrogen and oxygen atoms in total. The third-order valence-electron chi connectivity index (χ3n) is 7.22. The van der Waals surface area contributed by atoms with Crippen molar-refractivity contribution in [1.29, 1.82) is 0 Å². The molecule has 0 aromatic heterocycles. The second kappa shape index (κ2) is 11.7. The van der Waals surface area contributed by atoms with Crippen molar-refractivity contribution in [3.8, 4) is 11.5 Å². The van der Waals surface area contributed by atoms with Crippen molar-refractivity contribution in [3.05, 3.63) is 52.6 Å².